The molecule has 8 heteroatoms. The molecule has 0 aliphatic carbocycles. The first-order chi connectivity index (χ1) is 14.4. The van der Waals surface area contributed by atoms with Gasteiger partial charge >= 0.3 is 0 Å². The van der Waals surface area contributed by atoms with E-state index in [0.717, 1.165) is 25.8 Å². The van der Waals surface area contributed by atoms with Crippen LogP contribution in [-0.4, -0.2) is 85.4 Å². The van der Waals surface area contributed by atoms with Crippen molar-refractivity contribution in [3.63, 3.8) is 0 Å². The molecule has 178 valence electrons. The van der Waals surface area contributed by atoms with Crippen LogP contribution in [0.3, 0.4) is 0 Å². The first-order valence-electron chi connectivity index (χ1n) is 11.3. The minimum absolute atomic E-state index is 0.0530. The van der Waals surface area contributed by atoms with Crippen molar-refractivity contribution in [2.24, 2.45) is 11.8 Å². The number of nitrogens with zero attached hydrogens (tertiary/aromatic N) is 3. The summed E-state index contributed by atoms with van der Waals surface area (Å²) < 4.78 is 0. The van der Waals surface area contributed by atoms with Crippen molar-refractivity contribution in [3.8, 4) is 0 Å². The number of rotatable bonds is 9. The van der Waals surface area contributed by atoms with Gasteiger partial charge in [0.2, 0.25) is 11.8 Å². The lowest BCUT2D eigenvalue weighted by Crippen LogP contribution is -2.57. The van der Waals surface area contributed by atoms with E-state index in [2.05, 4.69) is 15.6 Å². The summed E-state index contributed by atoms with van der Waals surface area (Å²) in [6.45, 7) is 10.6. The van der Waals surface area contributed by atoms with E-state index in [0.29, 0.717) is 5.57 Å². The Balaban J connectivity index is 3.01. The molecule has 3 amide bonds. The summed E-state index contributed by atoms with van der Waals surface area (Å²) >= 11 is 0. The lowest BCUT2D eigenvalue weighted by molar-refractivity contribution is -0.139. The standard InChI is InChI=1S/C23H43N5O3/c1-15(2)19(14-17(5)21(29)25-26(6)7)28(9)23(31)20(16(3)4)24-22(30)18-12-10-11-13-27(18)8/h14-16,18-20H,10-13H2,1-9H3,(H,24,30)(H,25,29)/b17-14+/t18-,19-,20+/m1/s1. The quantitative estimate of drug-likeness (QED) is 0.423. The fraction of sp³-hybridized carbons (Fsp3) is 0.783. The topological polar surface area (TPSA) is 85.0 Å². The smallest absolute Gasteiger partial charge is 0.260 e. The highest BCUT2D eigenvalue weighted by Gasteiger charge is 2.34. The zero-order valence-corrected chi connectivity index (χ0v) is 20.9. The number of carbonyl (C=O) groups is 3. The lowest BCUT2D eigenvalue weighted by atomic mass is 9.96. The monoisotopic (exact) mass is 437 g/mol. The Morgan fingerprint density at radius 1 is 1.03 bits per heavy atom. The molecule has 0 aromatic heterocycles. The van der Waals surface area contributed by atoms with E-state index in [1.807, 2.05) is 40.8 Å². The molecule has 1 aliphatic heterocycles. The maximum Gasteiger partial charge on any atom is 0.260 e. The average Bonchev–Trinajstić information content (AvgIpc) is 2.68. The number of piperidine rings is 1. The molecule has 0 unspecified atom stereocenters. The van der Waals surface area contributed by atoms with Gasteiger partial charge in [0, 0.05) is 26.7 Å². The number of carbonyl (C=O) groups excluding carboxylic acids is 3. The van der Waals surface area contributed by atoms with E-state index in [1.165, 1.54) is 0 Å². The molecule has 1 saturated heterocycles. The second-order valence-electron chi connectivity index (χ2n) is 9.59. The molecule has 31 heavy (non-hydrogen) atoms. The van der Waals surface area contributed by atoms with E-state index in [-0.39, 0.29) is 41.6 Å². The Labute approximate surface area is 188 Å². The van der Waals surface area contributed by atoms with Gasteiger partial charge in [-0.1, -0.05) is 40.2 Å². The number of hydrogen-bond donors (Lipinski definition) is 2. The Hall–Kier alpha value is -1.93. The zero-order chi connectivity index (χ0) is 23.9. The second-order valence-corrected chi connectivity index (χ2v) is 9.59. The van der Waals surface area contributed by atoms with Gasteiger partial charge < -0.3 is 10.2 Å². The van der Waals surface area contributed by atoms with Crippen LogP contribution in [0.4, 0.5) is 0 Å². The van der Waals surface area contributed by atoms with Gasteiger partial charge in [-0.3, -0.25) is 24.7 Å². The Morgan fingerprint density at radius 2 is 1.65 bits per heavy atom. The van der Waals surface area contributed by atoms with Crippen LogP contribution < -0.4 is 10.7 Å². The molecule has 8 nitrogen and oxygen atoms in total. The molecule has 0 aromatic rings. The van der Waals surface area contributed by atoms with E-state index >= 15 is 0 Å². The molecule has 1 aliphatic rings. The minimum atomic E-state index is -0.613. The van der Waals surface area contributed by atoms with Crippen LogP contribution in [0, 0.1) is 11.8 Å². The minimum Gasteiger partial charge on any atom is -0.343 e. The number of nitrogens with one attached hydrogen (secondary N) is 2. The average molecular weight is 438 g/mol. The zero-order valence-electron chi connectivity index (χ0n) is 20.9. The normalized spacial score (nSPS) is 20.0. The number of likely N-dealkylation sites (tertiary alicyclic amines) is 1. The van der Waals surface area contributed by atoms with Gasteiger partial charge in [-0.25, -0.2) is 5.01 Å². The highest BCUT2D eigenvalue weighted by atomic mass is 16.2. The molecule has 1 fully saturated rings. The van der Waals surface area contributed by atoms with Gasteiger partial charge in [-0.2, -0.15) is 0 Å². The van der Waals surface area contributed by atoms with E-state index < -0.39 is 6.04 Å². The summed E-state index contributed by atoms with van der Waals surface area (Å²) in [5.74, 6) is -0.379. The molecule has 0 saturated carbocycles. The highest BCUT2D eigenvalue weighted by molar-refractivity contribution is 5.93. The predicted molar refractivity (Wildman–Crippen MR) is 124 cm³/mol. The van der Waals surface area contributed by atoms with Crippen molar-refractivity contribution >= 4 is 17.7 Å². The molecule has 1 heterocycles. The molecule has 2 N–H and O–H groups in total. The number of hydrazine groups is 1. The van der Waals surface area contributed by atoms with Crippen LogP contribution in [-0.2, 0) is 14.4 Å². The highest BCUT2D eigenvalue weighted by Crippen LogP contribution is 2.19. The number of amides is 3. The third-order valence-electron chi connectivity index (χ3n) is 5.89. The summed E-state index contributed by atoms with van der Waals surface area (Å²) in [5.41, 5.74) is 3.27. The largest absolute Gasteiger partial charge is 0.343 e. The first-order valence-corrected chi connectivity index (χ1v) is 11.3. The van der Waals surface area contributed by atoms with Gasteiger partial charge in [-0.05, 0) is 45.2 Å². The maximum absolute atomic E-state index is 13.4. The van der Waals surface area contributed by atoms with Gasteiger partial charge in [0.15, 0.2) is 0 Å². The SMILES string of the molecule is C/C(=C\[C@H](C(C)C)N(C)C(=O)[C@@H](NC(=O)[C@H]1CCCCN1C)C(C)C)C(=O)NN(C)C. The van der Waals surface area contributed by atoms with Crippen LogP contribution in [0.25, 0.3) is 0 Å². The molecule has 3 atom stereocenters. The third-order valence-corrected chi connectivity index (χ3v) is 5.89. The predicted octanol–water partition coefficient (Wildman–Crippen LogP) is 1.63. The van der Waals surface area contributed by atoms with Crippen LogP contribution >= 0.6 is 0 Å². The van der Waals surface area contributed by atoms with Crippen molar-refractivity contribution < 1.29 is 14.4 Å². The van der Waals surface area contributed by atoms with E-state index in [1.54, 1.807) is 38.0 Å². The Morgan fingerprint density at radius 3 is 2.13 bits per heavy atom. The summed E-state index contributed by atoms with van der Waals surface area (Å²) in [6, 6.07) is -1.07. The number of likely N-dealkylation sites (N-methyl/N-ethyl adjacent to an activating group) is 2. The maximum atomic E-state index is 13.4. The van der Waals surface area contributed by atoms with Crippen molar-refractivity contribution in [1.82, 2.24) is 25.6 Å². The van der Waals surface area contributed by atoms with Crippen molar-refractivity contribution in [2.75, 3.05) is 34.7 Å². The van der Waals surface area contributed by atoms with E-state index in [9.17, 15) is 14.4 Å². The van der Waals surface area contributed by atoms with Gasteiger partial charge in [0.05, 0.1) is 12.1 Å². The van der Waals surface area contributed by atoms with Crippen molar-refractivity contribution in [2.45, 2.75) is 72.0 Å². The van der Waals surface area contributed by atoms with Gasteiger partial charge in [-0.15, -0.1) is 0 Å². The third kappa shape index (κ3) is 7.92. The van der Waals surface area contributed by atoms with Gasteiger partial charge in [0.1, 0.15) is 6.04 Å². The Kier molecular flexibility index (Phi) is 10.7. The molecule has 0 aromatic carbocycles. The Bertz CT molecular complexity index is 660. The molecule has 0 bridgehead atoms. The first kappa shape index (κ1) is 27.1. The summed E-state index contributed by atoms with van der Waals surface area (Å²) in [4.78, 5) is 42.4. The van der Waals surface area contributed by atoms with Crippen LogP contribution in [0.1, 0.15) is 53.9 Å². The van der Waals surface area contributed by atoms with Gasteiger partial charge in [0.25, 0.3) is 5.91 Å². The molecule has 0 radical (unpaired) electrons. The fourth-order valence-electron chi connectivity index (χ4n) is 3.91. The lowest BCUT2D eigenvalue weighted by Gasteiger charge is -2.36. The van der Waals surface area contributed by atoms with Crippen LogP contribution in [0.15, 0.2) is 11.6 Å². The van der Waals surface area contributed by atoms with Crippen molar-refractivity contribution in [3.05, 3.63) is 11.6 Å². The number of hydrogen-bond acceptors (Lipinski definition) is 5. The molecular formula is C23H43N5O3. The molecule has 0 spiro atoms. The summed E-state index contributed by atoms with van der Waals surface area (Å²) in [7, 11) is 7.21. The summed E-state index contributed by atoms with van der Waals surface area (Å²) in [5, 5.41) is 4.60. The summed E-state index contributed by atoms with van der Waals surface area (Å²) in [6.07, 6.45) is 4.76. The van der Waals surface area contributed by atoms with Crippen LogP contribution in [0.5, 0.6) is 0 Å². The molecule has 1 rings (SSSR count). The van der Waals surface area contributed by atoms with E-state index in [4.69, 9.17) is 0 Å². The van der Waals surface area contributed by atoms with Crippen LogP contribution in [0.2, 0.25) is 0 Å². The second kappa shape index (κ2) is 12.2. The molecular weight excluding hydrogens is 394 g/mol. The van der Waals surface area contributed by atoms with Crippen molar-refractivity contribution in [1.29, 1.82) is 0 Å². The fourth-order valence-corrected chi connectivity index (χ4v) is 3.91.